The number of dihydropyridines is 1. The lowest BCUT2D eigenvalue weighted by atomic mass is 9.68. The number of benzene rings is 1. The topological polar surface area (TPSA) is 84.9 Å². The number of ketones is 1. The summed E-state index contributed by atoms with van der Waals surface area (Å²) in [6.07, 6.45) is 2.73. The van der Waals surface area contributed by atoms with Crippen LogP contribution in [0.5, 0.6) is 11.5 Å². The Bertz CT molecular complexity index is 976. The molecule has 7 heteroatoms. The van der Waals surface area contributed by atoms with E-state index >= 15 is 0 Å². The van der Waals surface area contributed by atoms with Crippen LogP contribution in [0.15, 0.2) is 34.7 Å². The van der Waals surface area contributed by atoms with Crippen LogP contribution in [0.25, 0.3) is 0 Å². The third kappa shape index (κ3) is 4.59. The van der Waals surface area contributed by atoms with E-state index in [0.29, 0.717) is 41.9 Å². The molecule has 31 heavy (non-hydrogen) atoms. The van der Waals surface area contributed by atoms with Crippen molar-refractivity contribution >= 4 is 23.4 Å². The maximum absolute atomic E-state index is 13.3. The molecule has 0 aromatic heterocycles. The summed E-state index contributed by atoms with van der Waals surface area (Å²) in [6.45, 7) is 8.26. The molecule has 2 N–H and O–H groups in total. The van der Waals surface area contributed by atoms with Gasteiger partial charge in [0, 0.05) is 29.3 Å². The third-order valence-electron chi connectivity index (χ3n) is 5.79. The molecule has 1 aromatic rings. The number of hydrogen-bond acceptors (Lipinski definition) is 6. The van der Waals surface area contributed by atoms with Gasteiger partial charge in [0.1, 0.15) is 0 Å². The third-order valence-corrected chi connectivity index (χ3v) is 6.08. The van der Waals surface area contributed by atoms with Crippen LogP contribution in [0.1, 0.15) is 64.9 Å². The van der Waals surface area contributed by atoms with Gasteiger partial charge in [-0.2, -0.15) is 0 Å². The van der Waals surface area contributed by atoms with Gasteiger partial charge in [0.15, 0.2) is 17.3 Å². The Kier molecular flexibility index (Phi) is 6.70. The number of allylic oxidation sites excluding steroid dienone is 3. The minimum Gasteiger partial charge on any atom is -0.503 e. The van der Waals surface area contributed by atoms with E-state index in [9.17, 15) is 14.7 Å². The van der Waals surface area contributed by atoms with Crippen molar-refractivity contribution in [2.75, 3.05) is 13.7 Å². The largest absolute Gasteiger partial charge is 0.503 e. The number of carbonyl (C=O) groups is 2. The van der Waals surface area contributed by atoms with E-state index in [1.54, 1.807) is 12.1 Å². The molecule has 6 nitrogen and oxygen atoms in total. The molecule has 0 saturated carbocycles. The number of Topliss-reactive ketones (excluding diaryl/α,β-unsaturated/α-hetero) is 1. The average molecular weight is 448 g/mol. The van der Waals surface area contributed by atoms with Crippen molar-refractivity contribution in [3.05, 3.63) is 45.3 Å². The van der Waals surface area contributed by atoms with E-state index in [1.807, 2.05) is 13.8 Å². The van der Waals surface area contributed by atoms with E-state index < -0.39 is 11.9 Å². The normalized spacial score (nSPS) is 20.3. The van der Waals surface area contributed by atoms with Crippen LogP contribution in [0, 0.1) is 5.41 Å². The van der Waals surface area contributed by atoms with Crippen molar-refractivity contribution in [1.82, 2.24) is 5.32 Å². The molecule has 2 aliphatic rings. The first kappa shape index (κ1) is 23.2. The smallest absolute Gasteiger partial charge is 0.336 e. The van der Waals surface area contributed by atoms with Gasteiger partial charge in [0.05, 0.1) is 24.3 Å². The maximum atomic E-state index is 13.3. The number of ether oxygens (including phenoxy) is 2. The summed E-state index contributed by atoms with van der Waals surface area (Å²) in [5.74, 6) is -1.13. The maximum Gasteiger partial charge on any atom is 0.336 e. The van der Waals surface area contributed by atoms with Crippen molar-refractivity contribution < 1.29 is 24.2 Å². The second-order valence-corrected chi connectivity index (χ2v) is 9.38. The van der Waals surface area contributed by atoms with Crippen LogP contribution < -0.4 is 10.1 Å². The number of unbranched alkanes of at least 4 members (excludes halogenated alkanes) is 1. The molecule has 1 aliphatic carbocycles. The number of aromatic hydroxyl groups is 1. The zero-order valence-corrected chi connectivity index (χ0v) is 19.5. The monoisotopic (exact) mass is 447 g/mol. The Morgan fingerprint density at radius 3 is 2.68 bits per heavy atom. The van der Waals surface area contributed by atoms with Crippen LogP contribution in [0.4, 0.5) is 0 Å². The minimum atomic E-state index is -0.652. The van der Waals surface area contributed by atoms with Crippen molar-refractivity contribution in [3.63, 3.8) is 0 Å². The average Bonchev–Trinajstić information content (AvgIpc) is 2.68. The zero-order valence-electron chi connectivity index (χ0n) is 18.7. The lowest BCUT2D eigenvalue weighted by Gasteiger charge is -2.39. The highest BCUT2D eigenvalue weighted by Gasteiger charge is 2.43. The first-order valence-electron chi connectivity index (χ1n) is 10.6. The standard InChI is InChI=1S/C24H30ClNO5/c1-6-7-8-31-23(29)19-13(2)26-16-11-24(3,4)12-17(27)21(16)20(19)14-9-15(25)22(28)18(10-14)30-5/h9-10,20,26,28H,6-8,11-12H2,1-5H3/t20-/m0/s1. The van der Waals surface area contributed by atoms with Gasteiger partial charge in [0.25, 0.3) is 0 Å². The molecule has 0 fully saturated rings. The van der Waals surface area contributed by atoms with Crippen LogP contribution in [0.2, 0.25) is 5.02 Å². The van der Waals surface area contributed by atoms with Crippen molar-refractivity contribution in [1.29, 1.82) is 0 Å². The first-order valence-corrected chi connectivity index (χ1v) is 10.9. The second-order valence-electron chi connectivity index (χ2n) is 8.97. The highest BCUT2D eigenvalue weighted by Crippen LogP contribution is 2.48. The van der Waals surface area contributed by atoms with Gasteiger partial charge in [-0.05, 0) is 42.9 Å². The van der Waals surface area contributed by atoms with E-state index in [4.69, 9.17) is 21.1 Å². The molecule has 1 atom stereocenters. The molecule has 3 rings (SSSR count). The fourth-order valence-corrected chi connectivity index (χ4v) is 4.56. The summed E-state index contributed by atoms with van der Waals surface area (Å²) in [4.78, 5) is 26.4. The zero-order chi connectivity index (χ0) is 22.9. The summed E-state index contributed by atoms with van der Waals surface area (Å²) in [5.41, 5.74) is 2.82. The summed E-state index contributed by atoms with van der Waals surface area (Å²) in [5, 5.41) is 13.6. The Morgan fingerprint density at radius 2 is 2.03 bits per heavy atom. The SMILES string of the molecule is CCCCOC(=O)C1=C(C)NC2=C(C(=O)CC(C)(C)C2)[C@H]1c1cc(Cl)c(O)c(OC)c1. The highest BCUT2D eigenvalue weighted by atomic mass is 35.5. The van der Waals surface area contributed by atoms with E-state index in [-0.39, 0.29) is 27.7 Å². The molecule has 0 saturated heterocycles. The van der Waals surface area contributed by atoms with E-state index in [0.717, 1.165) is 18.5 Å². The van der Waals surface area contributed by atoms with E-state index in [2.05, 4.69) is 19.2 Å². The number of hydrogen-bond donors (Lipinski definition) is 2. The Balaban J connectivity index is 2.17. The summed E-state index contributed by atoms with van der Waals surface area (Å²) < 4.78 is 10.8. The molecule has 0 unspecified atom stereocenters. The number of carbonyl (C=O) groups excluding carboxylic acids is 2. The number of phenolic OH excluding ortho intramolecular Hbond substituents is 1. The van der Waals surface area contributed by atoms with Gasteiger partial charge < -0.3 is 19.9 Å². The predicted molar refractivity (Wildman–Crippen MR) is 119 cm³/mol. The molecule has 1 aliphatic heterocycles. The highest BCUT2D eigenvalue weighted by molar-refractivity contribution is 6.32. The van der Waals surface area contributed by atoms with Crippen molar-refractivity contribution in [3.8, 4) is 11.5 Å². The number of phenols is 1. The van der Waals surface area contributed by atoms with Crippen LogP contribution in [0.3, 0.4) is 0 Å². The number of esters is 1. The van der Waals surface area contributed by atoms with Gasteiger partial charge in [0.2, 0.25) is 0 Å². The molecule has 1 heterocycles. The second kappa shape index (κ2) is 8.95. The van der Waals surface area contributed by atoms with Gasteiger partial charge in [-0.3, -0.25) is 4.79 Å². The molecule has 0 radical (unpaired) electrons. The molecule has 0 spiro atoms. The van der Waals surface area contributed by atoms with Crippen LogP contribution in [-0.4, -0.2) is 30.6 Å². The summed E-state index contributed by atoms with van der Waals surface area (Å²) in [7, 11) is 1.43. The van der Waals surface area contributed by atoms with Gasteiger partial charge in [-0.15, -0.1) is 0 Å². The Hall–Kier alpha value is -2.47. The fourth-order valence-electron chi connectivity index (χ4n) is 4.34. The number of rotatable bonds is 6. The van der Waals surface area contributed by atoms with Gasteiger partial charge in [-0.25, -0.2) is 4.79 Å². The lowest BCUT2D eigenvalue weighted by Crippen LogP contribution is -2.38. The van der Waals surface area contributed by atoms with Crippen molar-refractivity contribution in [2.24, 2.45) is 5.41 Å². The van der Waals surface area contributed by atoms with E-state index in [1.165, 1.54) is 7.11 Å². The van der Waals surface area contributed by atoms with Crippen LogP contribution in [-0.2, 0) is 14.3 Å². The van der Waals surface area contributed by atoms with Gasteiger partial charge >= 0.3 is 5.97 Å². The quantitative estimate of drug-likeness (QED) is 0.471. The Morgan fingerprint density at radius 1 is 1.32 bits per heavy atom. The predicted octanol–water partition coefficient (Wildman–Crippen LogP) is 5.00. The molecule has 1 aromatic carbocycles. The molecule has 0 bridgehead atoms. The van der Waals surface area contributed by atoms with Crippen molar-refractivity contribution in [2.45, 2.75) is 59.3 Å². The van der Waals surface area contributed by atoms with Gasteiger partial charge in [-0.1, -0.05) is 38.8 Å². The summed E-state index contributed by atoms with van der Waals surface area (Å²) >= 11 is 6.26. The molecular formula is C24H30ClNO5. The molecule has 0 amide bonds. The molecular weight excluding hydrogens is 418 g/mol. The van der Waals surface area contributed by atoms with Crippen LogP contribution >= 0.6 is 11.6 Å². The minimum absolute atomic E-state index is 0.0155. The summed E-state index contributed by atoms with van der Waals surface area (Å²) in [6, 6.07) is 3.21. The number of methoxy groups -OCH3 is 1. The Labute approximate surface area is 188 Å². The first-order chi connectivity index (χ1) is 14.6. The number of halogens is 1. The number of nitrogens with one attached hydrogen (secondary N) is 1. The lowest BCUT2D eigenvalue weighted by molar-refractivity contribution is -0.139. The fraction of sp³-hybridized carbons (Fsp3) is 0.500. The molecule has 168 valence electrons.